The maximum absolute atomic E-state index is 12.0. The Balaban J connectivity index is 2.41. The highest BCUT2D eigenvalue weighted by Gasteiger charge is 2.08. The van der Waals surface area contributed by atoms with Gasteiger partial charge in [0.05, 0.1) is 0 Å². The van der Waals surface area contributed by atoms with Crippen molar-refractivity contribution in [2.24, 2.45) is 0 Å². The van der Waals surface area contributed by atoms with Crippen LogP contribution in [0.5, 0.6) is 0 Å². The zero-order valence-electron chi connectivity index (χ0n) is 12.2. The number of aryl methyl sites for hydroxylation is 1. The topological polar surface area (TPSA) is 58.4 Å². The number of carbonyl (C=O) groups is 1. The summed E-state index contributed by atoms with van der Waals surface area (Å²) in [4.78, 5) is 14.4. The Kier molecular flexibility index (Phi) is 6.36. The number of nitrogens with one attached hydrogen (secondary N) is 1. The average Bonchev–Trinajstić information content (AvgIpc) is 2.41. The second-order valence-electron chi connectivity index (χ2n) is 4.71. The van der Waals surface area contributed by atoms with Gasteiger partial charge in [-0.3, -0.25) is 4.79 Å². The zero-order chi connectivity index (χ0) is 14.3. The minimum absolute atomic E-state index is 0.0376. The summed E-state index contributed by atoms with van der Waals surface area (Å²) in [5.41, 5.74) is 7.96. The number of benzene rings is 1. The minimum atomic E-state index is -0.0376. The first-order valence-electron chi connectivity index (χ1n) is 6.95. The molecule has 1 aromatic rings. The van der Waals surface area contributed by atoms with E-state index in [-0.39, 0.29) is 5.91 Å². The summed E-state index contributed by atoms with van der Waals surface area (Å²) < 4.78 is 0. The number of amides is 1. The molecule has 4 heteroatoms. The van der Waals surface area contributed by atoms with Crippen LogP contribution in [0.25, 0.3) is 0 Å². The lowest BCUT2D eigenvalue weighted by Crippen LogP contribution is -2.30. The van der Waals surface area contributed by atoms with E-state index in [0.29, 0.717) is 17.8 Å². The second-order valence-corrected chi connectivity index (χ2v) is 4.71. The molecule has 1 aromatic carbocycles. The molecular formula is C15H25N3O. The predicted octanol–water partition coefficient (Wildman–Crippen LogP) is 2.04. The van der Waals surface area contributed by atoms with Gasteiger partial charge in [-0.25, -0.2) is 0 Å². The van der Waals surface area contributed by atoms with Crippen molar-refractivity contribution >= 4 is 11.6 Å². The Hall–Kier alpha value is -1.55. The molecule has 0 aliphatic carbocycles. The molecule has 0 saturated heterocycles. The first-order valence-corrected chi connectivity index (χ1v) is 6.95. The first kappa shape index (κ1) is 15.5. The van der Waals surface area contributed by atoms with Crippen LogP contribution < -0.4 is 11.1 Å². The normalized spacial score (nSPS) is 10.7. The molecule has 19 heavy (non-hydrogen) atoms. The third kappa shape index (κ3) is 4.91. The fourth-order valence-corrected chi connectivity index (χ4v) is 2.02. The standard InChI is InChI=1S/C15H25N3O/c1-4-18(5-2)10-6-9-17-15(19)14-11-13(16)8-7-12(14)3/h7-8,11H,4-6,9-10,16H2,1-3H3,(H,17,19). The summed E-state index contributed by atoms with van der Waals surface area (Å²) in [6, 6.07) is 5.42. The highest BCUT2D eigenvalue weighted by molar-refractivity contribution is 5.96. The Morgan fingerprint density at radius 3 is 2.63 bits per heavy atom. The molecule has 1 rings (SSSR count). The van der Waals surface area contributed by atoms with Gasteiger partial charge in [0.15, 0.2) is 0 Å². The maximum atomic E-state index is 12.0. The number of nitrogen functional groups attached to an aromatic ring is 1. The fourth-order valence-electron chi connectivity index (χ4n) is 2.02. The Morgan fingerprint density at radius 2 is 2.00 bits per heavy atom. The van der Waals surface area contributed by atoms with Crippen molar-refractivity contribution in [2.45, 2.75) is 27.2 Å². The lowest BCUT2D eigenvalue weighted by Gasteiger charge is -2.17. The molecule has 0 aliphatic heterocycles. The molecule has 0 fully saturated rings. The Labute approximate surface area is 116 Å². The fraction of sp³-hybridized carbons (Fsp3) is 0.533. The van der Waals surface area contributed by atoms with Gasteiger partial charge >= 0.3 is 0 Å². The van der Waals surface area contributed by atoms with Crippen molar-refractivity contribution in [1.82, 2.24) is 10.2 Å². The molecule has 0 atom stereocenters. The van der Waals surface area contributed by atoms with E-state index >= 15 is 0 Å². The summed E-state index contributed by atoms with van der Waals surface area (Å²) in [5, 5.41) is 2.95. The van der Waals surface area contributed by atoms with Crippen molar-refractivity contribution in [3.63, 3.8) is 0 Å². The van der Waals surface area contributed by atoms with Crippen LogP contribution in [0.4, 0.5) is 5.69 Å². The van der Waals surface area contributed by atoms with E-state index in [9.17, 15) is 4.79 Å². The van der Waals surface area contributed by atoms with Gasteiger partial charge < -0.3 is 16.0 Å². The summed E-state index contributed by atoms with van der Waals surface area (Å²) in [6.07, 6.45) is 0.967. The van der Waals surface area contributed by atoms with Gasteiger partial charge in [0.25, 0.3) is 5.91 Å². The first-order chi connectivity index (χ1) is 9.08. The van der Waals surface area contributed by atoms with Crippen molar-refractivity contribution in [1.29, 1.82) is 0 Å². The van der Waals surface area contributed by atoms with Crippen molar-refractivity contribution in [3.8, 4) is 0 Å². The molecule has 0 aliphatic rings. The van der Waals surface area contributed by atoms with Gasteiger partial charge in [0, 0.05) is 17.8 Å². The van der Waals surface area contributed by atoms with Gasteiger partial charge in [-0.1, -0.05) is 19.9 Å². The van der Waals surface area contributed by atoms with Gasteiger partial charge in [-0.2, -0.15) is 0 Å². The van der Waals surface area contributed by atoms with E-state index in [1.165, 1.54) is 0 Å². The third-order valence-corrected chi connectivity index (χ3v) is 3.34. The van der Waals surface area contributed by atoms with Crippen LogP contribution in [-0.4, -0.2) is 37.0 Å². The van der Waals surface area contributed by atoms with E-state index in [4.69, 9.17) is 5.73 Å². The van der Waals surface area contributed by atoms with Crippen molar-refractivity contribution in [3.05, 3.63) is 29.3 Å². The molecule has 0 radical (unpaired) electrons. The van der Waals surface area contributed by atoms with E-state index in [2.05, 4.69) is 24.1 Å². The molecule has 0 unspecified atom stereocenters. The molecule has 0 bridgehead atoms. The van der Waals surface area contributed by atoms with Crippen LogP contribution in [0.2, 0.25) is 0 Å². The molecule has 106 valence electrons. The highest BCUT2D eigenvalue weighted by Crippen LogP contribution is 2.12. The van der Waals surface area contributed by atoms with Crippen LogP contribution in [0.15, 0.2) is 18.2 Å². The zero-order valence-corrected chi connectivity index (χ0v) is 12.2. The number of anilines is 1. The van der Waals surface area contributed by atoms with Crippen LogP contribution in [0.1, 0.15) is 36.2 Å². The quantitative estimate of drug-likeness (QED) is 0.584. The molecule has 4 nitrogen and oxygen atoms in total. The SMILES string of the molecule is CCN(CC)CCCNC(=O)c1cc(N)ccc1C. The van der Waals surface area contributed by atoms with Crippen LogP contribution in [-0.2, 0) is 0 Å². The van der Waals surface area contributed by atoms with E-state index in [1.807, 2.05) is 19.1 Å². The van der Waals surface area contributed by atoms with Gasteiger partial charge in [-0.05, 0) is 50.7 Å². The van der Waals surface area contributed by atoms with Gasteiger partial charge in [-0.15, -0.1) is 0 Å². The van der Waals surface area contributed by atoms with Gasteiger partial charge in [0.1, 0.15) is 0 Å². The predicted molar refractivity (Wildman–Crippen MR) is 80.3 cm³/mol. The summed E-state index contributed by atoms with van der Waals surface area (Å²) in [5.74, 6) is -0.0376. The maximum Gasteiger partial charge on any atom is 0.251 e. The molecule has 0 spiro atoms. The lowest BCUT2D eigenvalue weighted by molar-refractivity contribution is 0.0951. The van der Waals surface area contributed by atoms with Gasteiger partial charge in [0.2, 0.25) is 0 Å². The number of carbonyl (C=O) groups excluding carboxylic acids is 1. The third-order valence-electron chi connectivity index (χ3n) is 3.34. The van der Waals surface area contributed by atoms with Crippen LogP contribution >= 0.6 is 0 Å². The number of hydrogen-bond donors (Lipinski definition) is 2. The number of nitrogens with zero attached hydrogens (tertiary/aromatic N) is 1. The molecule has 1 amide bonds. The molecule has 0 heterocycles. The average molecular weight is 263 g/mol. The van der Waals surface area contributed by atoms with E-state index in [1.54, 1.807) is 6.07 Å². The smallest absolute Gasteiger partial charge is 0.251 e. The number of hydrogen-bond acceptors (Lipinski definition) is 3. The highest BCUT2D eigenvalue weighted by atomic mass is 16.1. The van der Waals surface area contributed by atoms with Crippen LogP contribution in [0, 0.1) is 6.92 Å². The minimum Gasteiger partial charge on any atom is -0.399 e. The summed E-state index contributed by atoms with van der Waals surface area (Å²) in [7, 11) is 0. The summed E-state index contributed by atoms with van der Waals surface area (Å²) in [6.45, 7) is 10.0. The molecule has 0 aromatic heterocycles. The van der Waals surface area contributed by atoms with E-state index in [0.717, 1.165) is 31.6 Å². The molecule has 0 saturated carbocycles. The van der Waals surface area contributed by atoms with E-state index < -0.39 is 0 Å². The number of rotatable bonds is 7. The lowest BCUT2D eigenvalue weighted by atomic mass is 10.1. The monoisotopic (exact) mass is 263 g/mol. The summed E-state index contributed by atoms with van der Waals surface area (Å²) >= 11 is 0. The molecular weight excluding hydrogens is 238 g/mol. The number of nitrogens with two attached hydrogens (primary N) is 1. The van der Waals surface area contributed by atoms with Crippen molar-refractivity contribution < 1.29 is 4.79 Å². The Bertz CT molecular complexity index is 414. The van der Waals surface area contributed by atoms with Crippen LogP contribution in [0.3, 0.4) is 0 Å². The molecule has 3 N–H and O–H groups in total. The van der Waals surface area contributed by atoms with Crippen molar-refractivity contribution in [2.75, 3.05) is 31.9 Å². The Morgan fingerprint density at radius 1 is 1.32 bits per heavy atom. The second kappa shape index (κ2) is 7.79. The largest absolute Gasteiger partial charge is 0.399 e.